The first kappa shape index (κ1) is 15.3. The van der Waals surface area contributed by atoms with Crippen molar-refractivity contribution in [3.63, 3.8) is 0 Å². The van der Waals surface area contributed by atoms with Gasteiger partial charge in [0.05, 0.1) is 17.3 Å². The third-order valence-corrected chi connectivity index (χ3v) is 4.55. The topological polar surface area (TPSA) is 87.2 Å². The highest BCUT2D eigenvalue weighted by Gasteiger charge is 2.45. The van der Waals surface area contributed by atoms with Gasteiger partial charge in [-0.2, -0.15) is 0 Å². The van der Waals surface area contributed by atoms with E-state index in [4.69, 9.17) is 44.6 Å². The molecule has 1 unspecified atom stereocenters. The molecule has 6 nitrogen and oxygen atoms in total. The van der Waals surface area contributed by atoms with E-state index < -0.39 is 31.0 Å². The normalized spacial score (nSPS) is 29.4. The second-order valence-corrected chi connectivity index (χ2v) is 5.86. The molecule has 0 aliphatic carbocycles. The number of imidazole rings is 1. The predicted octanol–water partition coefficient (Wildman–Crippen LogP) is 1.45. The van der Waals surface area contributed by atoms with Crippen LogP contribution in [0.4, 0.5) is 0 Å². The Labute approximate surface area is 134 Å². The molecule has 1 aliphatic rings. The molecule has 1 aliphatic heterocycles. The molecule has 21 heavy (non-hydrogen) atoms. The minimum Gasteiger partial charge on any atom is -0.394 e. The van der Waals surface area contributed by atoms with Crippen LogP contribution >= 0.6 is 34.8 Å². The molecule has 1 fully saturated rings. The van der Waals surface area contributed by atoms with Crippen LogP contribution in [0.1, 0.15) is 11.8 Å². The van der Waals surface area contributed by atoms with Crippen LogP contribution < -0.4 is 0 Å². The van der Waals surface area contributed by atoms with Gasteiger partial charge in [0.25, 0.3) is 0 Å². The van der Waals surface area contributed by atoms with Gasteiger partial charge in [-0.05, 0) is 6.07 Å². The van der Waals surface area contributed by atoms with Crippen LogP contribution in [0.15, 0.2) is 12.3 Å². The highest BCUT2D eigenvalue weighted by atomic mass is 35.5. The number of hydrogen-bond acceptors (Lipinski definition) is 5. The van der Waals surface area contributed by atoms with Crippen LogP contribution in [0.25, 0.3) is 5.65 Å². The summed E-state index contributed by atoms with van der Waals surface area (Å²) in [7, 11) is 0. The monoisotopic (exact) mass is 352 g/mol. The van der Waals surface area contributed by atoms with Crippen molar-refractivity contribution in [3.8, 4) is 0 Å². The maximum Gasteiger partial charge on any atom is 0.159 e. The summed E-state index contributed by atoms with van der Waals surface area (Å²) in [5.41, 5.74) is 0.662. The average molecular weight is 354 g/mol. The van der Waals surface area contributed by atoms with Crippen LogP contribution in [0.2, 0.25) is 15.2 Å². The Balaban J connectivity index is 2.13. The summed E-state index contributed by atoms with van der Waals surface area (Å²) in [5, 5.41) is 29.7. The summed E-state index contributed by atoms with van der Waals surface area (Å²) in [6, 6.07) is 1.56. The quantitative estimate of drug-likeness (QED) is 0.761. The predicted molar refractivity (Wildman–Crippen MR) is 76.9 cm³/mol. The van der Waals surface area contributed by atoms with E-state index in [-0.39, 0.29) is 10.2 Å². The van der Waals surface area contributed by atoms with Crippen molar-refractivity contribution in [2.24, 2.45) is 0 Å². The molecule has 0 spiro atoms. The van der Waals surface area contributed by atoms with Gasteiger partial charge in [-0.15, -0.1) is 0 Å². The van der Waals surface area contributed by atoms with Gasteiger partial charge in [0.2, 0.25) is 0 Å². The molecule has 3 rings (SSSR count). The van der Waals surface area contributed by atoms with E-state index in [1.165, 1.54) is 4.40 Å². The fourth-order valence-electron chi connectivity index (χ4n) is 2.42. The zero-order valence-electron chi connectivity index (χ0n) is 10.4. The number of ether oxygens (including phenoxy) is 1. The summed E-state index contributed by atoms with van der Waals surface area (Å²) in [6.45, 7) is -0.421. The van der Waals surface area contributed by atoms with Crippen LogP contribution in [-0.4, -0.2) is 49.6 Å². The molecular weight excluding hydrogens is 343 g/mol. The lowest BCUT2D eigenvalue weighted by Gasteiger charge is -2.15. The number of nitrogens with zero attached hydrogens (tertiary/aromatic N) is 2. The molecule has 9 heteroatoms. The number of fused-ring (bicyclic) bond motifs is 1. The largest absolute Gasteiger partial charge is 0.394 e. The smallest absolute Gasteiger partial charge is 0.159 e. The highest BCUT2D eigenvalue weighted by molar-refractivity contribution is 6.44. The molecule has 0 amide bonds. The Kier molecular flexibility index (Phi) is 4.04. The van der Waals surface area contributed by atoms with Crippen molar-refractivity contribution in [1.29, 1.82) is 0 Å². The highest BCUT2D eigenvalue weighted by Crippen LogP contribution is 2.39. The molecule has 0 saturated carbocycles. The molecule has 114 valence electrons. The fraction of sp³-hybridized carbons (Fsp3) is 0.417. The Morgan fingerprint density at radius 1 is 1.24 bits per heavy atom. The molecule has 0 radical (unpaired) electrons. The molecule has 3 N–H and O–H groups in total. The second kappa shape index (κ2) is 5.55. The number of aliphatic hydroxyl groups excluding tert-OH is 3. The van der Waals surface area contributed by atoms with Crippen molar-refractivity contribution in [2.45, 2.75) is 24.4 Å². The van der Waals surface area contributed by atoms with Crippen LogP contribution in [0, 0.1) is 0 Å². The van der Waals surface area contributed by atoms with Gasteiger partial charge in [-0.25, -0.2) is 4.98 Å². The minimum atomic E-state index is -1.24. The molecule has 4 atom stereocenters. The molecule has 1 saturated heterocycles. The van der Waals surface area contributed by atoms with Gasteiger partial charge >= 0.3 is 0 Å². The van der Waals surface area contributed by atoms with Crippen molar-refractivity contribution in [1.82, 2.24) is 9.38 Å². The number of aromatic nitrogens is 2. The van der Waals surface area contributed by atoms with E-state index in [0.29, 0.717) is 16.4 Å². The molecule has 0 aromatic carbocycles. The molecular formula is C12H11Cl3N2O4. The van der Waals surface area contributed by atoms with E-state index in [1.54, 1.807) is 12.3 Å². The Bertz CT molecular complexity index is 693. The standard InChI is InChI=1S/C12H11Cl3N2O4/c13-4-1-2-17-7(11(15)16-12(17)6(4)14)10-9(20)8(19)5(3-18)21-10/h1-2,5,8-10,18-20H,3H2/t5-,8-,9-,10?/m1/s1. The van der Waals surface area contributed by atoms with Gasteiger partial charge < -0.3 is 20.1 Å². The third kappa shape index (κ3) is 2.31. The first-order chi connectivity index (χ1) is 9.95. The second-order valence-electron chi connectivity index (χ2n) is 4.72. The van der Waals surface area contributed by atoms with E-state index in [0.717, 1.165) is 0 Å². The first-order valence-electron chi connectivity index (χ1n) is 6.09. The summed E-state index contributed by atoms with van der Waals surface area (Å²) >= 11 is 18.1. The van der Waals surface area contributed by atoms with Crippen molar-refractivity contribution >= 4 is 40.4 Å². The zero-order valence-corrected chi connectivity index (χ0v) is 12.7. The first-order valence-corrected chi connectivity index (χ1v) is 7.23. The third-order valence-electron chi connectivity index (χ3n) is 3.49. The van der Waals surface area contributed by atoms with E-state index in [1.807, 2.05) is 0 Å². The van der Waals surface area contributed by atoms with Crippen molar-refractivity contribution in [3.05, 3.63) is 33.2 Å². The van der Waals surface area contributed by atoms with Crippen LogP contribution in [0.3, 0.4) is 0 Å². The maximum atomic E-state index is 10.1. The molecule has 3 heterocycles. The lowest BCUT2D eigenvalue weighted by molar-refractivity contribution is -0.0241. The Morgan fingerprint density at radius 2 is 1.95 bits per heavy atom. The lowest BCUT2D eigenvalue weighted by atomic mass is 10.1. The SMILES string of the molecule is OC[C@H]1OC(c2c(Cl)nc3c(Cl)c(Cl)ccn23)[C@H](O)[C@@H]1O. The Hall–Kier alpha value is -0.600. The average Bonchev–Trinajstić information content (AvgIpc) is 2.93. The van der Waals surface area contributed by atoms with E-state index >= 15 is 0 Å². The zero-order chi connectivity index (χ0) is 15.3. The summed E-state index contributed by atoms with van der Waals surface area (Å²) in [6.07, 6.45) is -2.70. The summed E-state index contributed by atoms with van der Waals surface area (Å²) in [4.78, 5) is 4.11. The summed E-state index contributed by atoms with van der Waals surface area (Å²) < 4.78 is 7.01. The number of hydrogen-bond donors (Lipinski definition) is 3. The number of aliphatic hydroxyl groups is 3. The lowest BCUT2D eigenvalue weighted by Crippen LogP contribution is -2.32. The number of rotatable bonds is 2. The number of halogens is 3. The van der Waals surface area contributed by atoms with E-state index in [2.05, 4.69) is 4.98 Å². The van der Waals surface area contributed by atoms with Crippen LogP contribution in [0.5, 0.6) is 0 Å². The van der Waals surface area contributed by atoms with Gasteiger partial charge in [0.15, 0.2) is 10.8 Å². The van der Waals surface area contributed by atoms with Gasteiger partial charge in [-0.3, -0.25) is 4.40 Å². The van der Waals surface area contributed by atoms with Crippen LogP contribution in [-0.2, 0) is 4.74 Å². The minimum absolute atomic E-state index is 0.0778. The van der Waals surface area contributed by atoms with Gasteiger partial charge in [0, 0.05) is 6.20 Å². The van der Waals surface area contributed by atoms with Gasteiger partial charge in [-0.1, -0.05) is 34.8 Å². The summed E-state index contributed by atoms with van der Waals surface area (Å²) in [5.74, 6) is 0. The van der Waals surface area contributed by atoms with Gasteiger partial charge in [0.1, 0.15) is 29.4 Å². The van der Waals surface area contributed by atoms with Crippen molar-refractivity contribution in [2.75, 3.05) is 6.61 Å². The number of pyridine rings is 1. The molecule has 2 aromatic heterocycles. The Morgan fingerprint density at radius 3 is 2.57 bits per heavy atom. The van der Waals surface area contributed by atoms with E-state index in [9.17, 15) is 10.2 Å². The molecule has 0 bridgehead atoms. The maximum absolute atomic E-state index is 10.1. The van der Waals surface area contributed by atoms with Crippen molar-refractivity contribution < 1.29 is 20.1 Å². The molecule has 2 aromatic rings. The fourth-order valence-corrected chi connectivity index (χ4v) is 3.04.